The van der Waals surface area contributed by atoms with E-state index in [2.05, 4.69) is 4.98 Å². The fourth-order valence-electron chi connectivity index (χ4n) is 1.62. The smallest absolute Gasteiger partial charge is 0.357 e. The summed E-state index contributed by atoms with van der Waals surface area (Å²) >= 11 is 1.41. The second kappa shape index (κ2) is 4.80. The molecule has 1 aromatic heterocycles. The third-order valence-corrected chi connectivity index (χ3v) is 3.31. The fourth-order valence-corrected chi connectivity index (χ4v) is 2.46. The summed E-state index contributed by atoms with van der Waals surface area (Å²) < 4.78 is 4.86. The molecule has 1 aliphatic heterocycles. The monoisotopic (exact) mass is 242 g/mol. The van der Waals surface area contributed by atoms with Gasteiger partial charge in [0.1, 0.15) is 0 Å². The molecule has 5 nitrogen and oxygen atoms in total. The van der Waals surface area contributed by atoms with Crippen molar-refractivity contribution in [1.82, 2.24) is 4.98 Å². The highest BCUT2D eigenvalue weighted by molar-refractivity contribution is 7.13. The number of hydrogen-bond acceptors (Lipinski definition) is 6. The van der Waals surface area contributed by atoms with Crippen molar-refractivity contribution >= 4 is 22.4 Å². The lowest BCUT2D eigenvalue weighted by atomic mass is 10.3. The number of thiazole rings is 1. The molecule has 1 fully saturated rings. The van der Waals surface area contributed by atoms with E-state index in [-0.39, 0.29) is 12.1 Å². The number of carbonyl (C=O) groups is 1. The molecule has 1 saturated heterocycles. The molecule has 0 saturated carbocycles. The van der Waals surface area contributed by atoms with Crippen LogP contribution in [-0.4, -0.2) is 41.9 Å². The number of hydrogen-bond donors (Lipinski definition) is 1. The Morgan fingerprint density at radius 2 is 2.62 bits per heavy atom. The molecule has 1 atom stereocenters. The second-order valence-corrected chi connectivity index (χ2v) is 4.46. The van der Waals surface area contributed by atoms with Crippen LogP contribution in [0.5, 0.6) is 0 Å². The van der Waals surface area contributed by atoms with Gasteiger partial charge in [0, 0.05) is 18.5 Å². The number of anilines is 1. The first-order valence-electron chi connectivity index (χ1n) is 5.26. The number of nitrogens with zero attached hydrogens (tertiary/aromatic N) is 2. The summed E-state index contributed by atoms with van der Waals surface area (Å²) in [7, 11) is 0. The molecule has 2 rings (SSSR count). The SMILES string of the molecule is CCOC(=O)c1csc(N2CC[C@@H](O)C2)n1. The van der Waals surface area contributed by atoms with Gasteiger partial charge in [-0.25, -0.2) is 9.78 Å². The molecule has 0 radical (unpaired) electrons. The van der Waals surface area contributed by atoms with Gasteiger partial charge in [0.2, 0.25) is 0 Å². The van der Waals surface area contributed by atoms with E-state index in [1.807, 2.05) is 4.90 Å². The lowest BCUT2D eigenvalue weighted by Crippen LogP contribution is -2.21. The lowest BCUT2D eigenvalue weighted by Gasteiger charge is -2.12. The van der Waals surface area contributed by atoms with Crippen molar-refractivity contribution in [3.8, 4) is 0 Å². The maximum Gasteiger partial charge on any atom is 0.357 e. The first-order valence-corrected chi connectivity index (χ1v) is 6.14. The summed E-state index contributed by atoms with van der Waals surface area (Å²) in [4.78, 5) is 17.6. The van der Waals surface area contributed by atoms with E-state index in [4.69, 9.17) is 4.74 Å². The Bertz CT molecular complexity index is 380. The van der Waals surface area contributed by atoms with E-state index >= 15 is 0 Å². The molecule has 88 valence electrons. The maximum atomic E-state index is 11.4. The van der Waals surface area contributed by atoms with Crippen molar-refractivity contribution in [1.29, 1.82) is 0 Å². The number of aliphatic hydroxyl groups is 1. The number of ether oxygens (including phenoxy) is 1. The third kappa shape index (κ3) is 2.33. The summed E-state index contributed by atoms with van der Waals surface area (Å²) in [5, 5.41) is 11.9. The van der Waals surface area contributed by atoms with Crippen molar-refractivity contribution in [2.45, 2.75) is 19.4 Å². The van der Waals surface area contributed by atoms with Gasteiger partial charge in [-0.15, -0.1) is 11.3 Å². The molecule has 0 aromatic carbocycles. The largest absolute Gasteiger partial charge is 0.461 e. The molecule has 0 unspecified atom stereocenters. The molecule has 16 heavy (non-hydrogen) atoms. The summed E-state index contributed by atoms with van der Waals surface area (Å²) in [5.74, 6) is -0.384. The lowest BCUT2D eigenvalue weighted by molar-refractivity contribution is 0.0520. The highest BCUT2D eigenvalue weighted by Crippen LogP contribution is 2.24. The quantitative estimate of drug-likeness (QED) is 0.798. The molecule has 0 spiro atoms. The minimum atomic E-state index is -0.384. The molecular formula is C10H14N2O3S. The van der Waals surface area contributed by atoms with E-state index < -0.39 is 0 Å². The minimum absolute atomic E-state index is 0.282. The first kappa shape index (κ1) is 11.3. The van der Waals surface area contributed by atoms with Crippen LogP contribution in [0.2, 0.25) is 0 Å². The zero-order valence-corrected chi connectivity index (χ0v) is 9.87. The van der Waals surface area contributed by atoms with Gasteiger partial charge in [0.15, 0.2) is 10.8 Å². The number of esters is 1. The average Bonchev–Trinajstić information content (AvgIpc) is 2.85. The molecule has 1 aliphatic rings. The van der Waals surface area contributed by atoms with Gasteiger partial charge in [-0.3, -0.25) is 0 Å². The highest BCUT2D eigenvalue weighted by Gasteiger charge is 2.23. The molecule has 0 bridgehead atoms. The molecule has 2 heterocycles. The molecule has 0 aliphatic carbocycles. The van der Waals surface area contributed by atoms with Gasteiger partial charge in [-0.05, 0) is 13.3 Å². The second-order valence-electron chi connectivity index (χ2n) is 3.62. The minimum Gasteiger partial charge on any atom is -0.461 e. The van der Waals surface area contributed by atoms with Crippen molar-refractivity contribution in [2.75, 3.05) is 24.6 Å². The molecule has 1 aromatic rings. The highest BCUT2D eigenvalue weighted by atomic mass is 32.1. The zero-order chi connectivity index (χ0) is 11.5. The summed E-state index contributed by atoms with van der Waals surface area (Å²) in [6, 6.07) is 0. The summed E-state index contributed by atoms with van der Waals surface area (Å²) in [6.45, 7) is 3.50. The van der Waals surface area contributed by atoms with Crippen LogP contribution in [0.25, 0.3) is 0 Å². The van der Waals surface area contributed by atoms with E-state index in [1.54, 1.807) is 12.3 Å². The Labute approximate surface area is 97.7 Å². The van der Waals surface area contributed by atoms with E-state index in [0.717, 1.165) is 18.1 Å². The Morgan fingerprint density at radius 1 is 1.81 bits per heavy atom. The molecule has 6 heteroatoms. The molecular weight excluding hydrogens is 228 g/mol. The fraction of sp³-hybridized carbons (Fsp3) is 0.600. The van der Waals surface area contributed by atoms with Crippen LogP contribution in [0.3, 0.4) is 0 Å². The standard InChI is InChI=1S/C10H14N2O3S/c1-2-15-9(14)8-6-16-10(11-8)12-4-3-7(13)5-12/h6-7,13H,2-5H2,1H3/t7-/m1/s1. The van der Waals surface area contributed by atoms with Crippen LogP contribution in [0.1, 0.15) is 23.8 Å². The number of aromatic nitrogens is 1. The predicted octanol–water partition coefficient (Wildman–Crippen LogP) is 0.891. The van der Waals surface area contributed by atoms with Gasteiger partial charge >= 0.3 is 5.97 Å². The summed E-state index contributed by atoms with van der Waals surface area (Å²) in [5.41, 5.74) is 0.350. The van der Waals surface area contributed by atoms with Gasteiger partial charge in [-0.1, -0.05) is 0 Å². The van der Waals surface area contributed by atoms with Crippen LogP contribution in [0.4, 0.5) is 5.13 Å². The topological polar surface area (TPSA) is 62.7 Å². The molecule has 0 amide bonds. The van der Waals surface area contributed by atoms with Crippen LogP contribution in [0, 0.1) is 0 Å². The normalized spacial score (nSPS) is 20.1. The van der Waals surface area contributed by atoms with Crippen LogP contribution in [-0.2, 0) is 4.74 Å². The van der Waals surface area contributed by atoms with Crippen LogP contribution in [0.15, 0.2) is 5.38 Å². The average molecular weight is 242 g/mol. The van der Waals surface area contributed by atoms with Crippen LogP contribution >= 0.6 is 11.3 Å². The van der Waals surface area contributed by atoms with E-state index in [9.17, 15) is 9.90 Å². The van der Waals surface area contributed by atoms with Gasteiger partial charge in [0.05, 0.1) is 12.7 Å². The van der Waals surface area contributed by atoms with Crippen molar-refractivity contribution in [3.63, 3.8) is 0 Å². The summed E-state index contributed by atoms with van der Waals surface area (Å²) in [6.07, 6.45) is 0.476. The Kier molecular flexibility index (Phi) is 3.40. The number of carbonyl (C=O) groups excluding carboxylic acids is 1. The van der Waals surface area contributed by atoms with Crippen LogP contribution < -0.4 is 4.90 Å². The molecule has 1 N–H and O–H groups in total. The van der Waals surface area contributed by atoms with E-state index in [0.29, 0.717) is 18.8 Å². The number of β-amino-alcohol motifs (C(OH)–C–C–N with tert-alkyl or cyclic N) is 1. The Hall–Kier alpha value is -1.14. The number of rotatable bonds is 3. The van der Waals surface area contributed by atoms with Gasteiger partial charge in [-0.2, -0.15) is 0 Å². The van der Waals surface area contributed by atoms with Crippen molar-refractivity contribution < 1.29 is 14.6 Å². The van der Waals surface area contributed by atoms with Crippen molar-refractivity contribution in [2.24, 2.45) is 0 Å². The first-order chi connectivity index (χ1) is 7.70. The van der Waals surface area contributed by atoms with Gasteiger partial charge < -0.3 is 14.7 Å². The third-order valence-electron chi connectivity index (χ3n) is 2.41. The van der Waals surface area contributed by atoms with E-state index in [1.165, 1.54) is 11.3 Å². The Morgan fingerprint density at radius 3 is 3.25 bits per heavy atom. The predicted molar refractivity (Wildman–Crippen MR) is 60.9 cm³/mol. The van der Waals surface area contributed by atoms with Gasteiger partial charge in [0.25, 0.3) is 0 Å². The maximum absolute atomic E-state index is 11.4. The number of aliphatic hydroxyl groups excluding tert-OH is 1. The Balaban J connectivity index is 2.04. The zero-order valence-electron chi connectivity index (χ0n) is 9.05. The van der Waals surface area contributed by atoms with Crippen molar-refractivity contribution in [3.05, 3.63) is 11.1 Å².